The van der Waals surface area contributed by atoms with Crippen molar-refractivity contribution in [2.24, 2.45) is 0 Å². The van der Waals surface area contributed by atoms with Gasteiger partial charge in [0.15, 0.2) is 0 Å². The summed E-state index contributed by atoms with van der Waals surface area (Å²) in [6, 6.07) is 9.52. The molecule has 1 aromatic carbocycles. The van der Waals surface area contributed by atoms with Crippen LogP contribution in [-0.2, 0) is 0 Å². The van der Waals surface area contributed by atoms with Crippen molar-refractivity contribution in [1.29, 1.82) is 0 Å². The molecule has 108 valence electrons. The Morgan fingerprint density at radius 1 is 1.29 bits per heavy atom. The molecule has 1 N–H and O–H groups in total. The van der Waals surface area contributed by atoms with E-state index in [4.69, 9.17) is 16.0 Å². The summed E-state index contributed by atoms with van der Waals surface area (Å²) >= 11 is 6.10. The van der Waals surface area contributed by atoms with E-state index >= 15 is 0 Å². The highest BCUT2D eigenvalue weighted by Crippen LogP contribution is 2.28. The number of benzene rings is 1. The first kappa shape index (κ1) is 13.7. The van der Waals surface area contributed by atoms with Crippen molar-refractivity contribution >= 4 is 17.3 Å². The van der Waals surface area contributed by atoms with E-state index in [1.807, 2.05) is 44.2 Å². The van der Waals surface area contributed by atoms with Gasteiger partial charge in [-0.25, -0.2) is 9.67 Å². The third-order valence-electron chi connectivity index (χ3n) is 3.18. The van der Waals surface area contributed by atoms with Gasteiger partial charge >= 0.3 is 0 Å². The maximum Gasteiger partial charge on any atom is 0.138 e. The fourth-order valence-electron chi connectivity index (χ4n) is 2.15. The van der Waals surface area contributed by atoms with Crippen LogP contribution in [0.25, 0.3) is 5.69 Å². The van der Waals surface area contributed by atoms with Crippen molar-refractivity contribution in [2.75, 3.05) is 5.32 Å². The third kappa shape index (κ3) is 2.92. The number of furan rings is 1. The van der Waals surface area contributed by atoms with Crippen molar-refractivity contribution in [3.8, 4) is 5.69 Å². The van der Waals surface area contributed by atoms with Crippen LogP contribution in [0, 0.1) is 6.92 Å². The second kappa shape index (κ2) is 5.61. The normalized spacial score (nSPS) is 12.3. The molecule has 3 rings (SSSR count). The molecule has 0 aliphatic carbocycles. The number of aromatic nitrogens is 3. The molecule has 2 aromatic heterocycles. The van der Waals surface area contributed by atoms with Crippen LogP contribution in [0.15, 0.2) is 47.4 Å². The molecule has 0 aliphatic rings. The predicted molar refractivity (Wildman–Crippen MR) is 81.9 cm³/mol. The fraction of sp³-hybridized carbons (Fsp3) is 0.200. The number of anilines is 1. The van der Waals surface area contributed by atoms with Crippen molar-refractivity contribution < 1.29 is 4.42 Å². The minimum atomic E-state index is 0.0134. The van der Waals surface area contributed by atoms with Gasteiger partial charge in [-0.3, -0.25) is 0 Å². The van der Waals surface area contributed by atoms with Gasteiger partial charge in [-0.05, 0) is 44.2 Å². The predicted octanol–water partition coefficient (Wildman–Crippen LogP) is 4.00. The van der Waals surface area contributed by atoms with Crippen molar-refractivity contribution in [2.45, 2.75) is 19.9 Å². The smallest absolute Gasteiger partial charge is 0.138 e. The number of aryl methyl sites for hydroxylation is 1. The Labute approximate surface area is 127 Å². The number of hydrogen-bond acceptors (Lipinski definition) is 4. The van der Waals surface area contributed by atoms with Crippen molar-refractivity contribution in [3.63, 3.8) is 0 Å². The van der Waals surface area contributed by atoms with Crippen LogP contribution in [0.4, 0.5) is 5.69 Å². The number of halogens is 1. The molecule has 1 unspecified atom stereocenters. The number of nitrogens with one attached hydrogen (secondary N) is 1. The Bertz CT molecular complexity index is 736. The van der Waals surface area contributed by atoms with E-state index in [1.54, 1.807) is 11.0 Å². The number of rotatable bonds is 4. The molecule has 0 radical (unpaired) electrons. The minimum absolute atomic E-state index is 0.0134. The molecule has 6 heteroatoms. The van der Waals surface area contributed by atoms with Gasteiger partial charge in [-0.2, -0.15) is 5.10 Å². The first-order valence-electron chi connectivity index (χ1n) is 6.61. The monoisotopic (exact) mass is 302 g/mol. The summed E-state index contributed by atoms with van der Waals surface area (Å²) in [6.07, 6.45) is 3.15. The molecular weight excluding hydrogens is 288 g/mol. The lowest BCUT2D eigenvalue weighted by Gasteiger charge is -2.16. The topological polar surface area (TPSA) is 55.9 Å². The molecule has 1 atom stereocenters. The molecule has 0 fully saturated rings. The quantitative estimate of drug-likeness (QED) is 0.791. The molecule has 0 amide bonds. The minimum Gasteiger partial charge on any atom is -0.464 e. The Morgan fingerprint density at radius 2 is 2.14 bits per heavy atom. The molecule has 0 spiro atoms. The highest BCUT2D eigenvalue weighted by molar-refractivity contribution is 6.31. The standard InChI is InChI=1S/C15H15ClN4O/c1-10-3-6-15(21-10)11(2)19-13-7-12(16)4-5-14(13)20-9-17-8-18-20/h3-9,11,19H,1-2H3. The van der Waals surface area contributed by atoms with Crippen LogP contribution in [-0.4, -0.2) is 14.8 Å². The molecule has 5 nitrogen and oxygen atoms in total. The van der Waals surface area contributed by atoms with E-state index in [-0.39, 0.29) is 6.04 Å². The van der Waals surface area contributed by atoms with Gasteiger partial charge in [-0.1, -0.05) is 11.6 Å². The average molecular weight is 303 g/mol. The van der Waals surface area contributed by atoms with E-state index in [2.05, 4.69) is 15.4 Å². The van der Waals surface area contributed by atoms with Gasteiger partial charge in [0.1, 0.15) is 24.2 Å². The van der Waals surface area contributed by atoms with Gasteiger partial charge in [0, 0.05) is 5.02 Å². The first-order valence-corrected chi connectivity index (χ1v) is 6.99. The summed E-state index contributed by atoms with van der Waals surface area (Å²) in [5, 5.41) is 8.22. The van der Waals surface area contributed by atoms with Gasteiger partial charge in [0.25, 0.3) is 0 Å². The molecule has 0 saturated carbocycles. The Balaban J connectivity index is 1.92. The number of hydrogen-bond donors (Lipinski definition) is 1. The maximum atomic E-state index is 6.10. The van der Waals surface area contributed by atoms with E-state index in [0.717, 1.165) is 22.9 Å². The Hall–Kier alpha value is -2.27. The summed E-state index contributed by atoms with van der Waals surface area (Å²) < 4.78 is 7.34. The SMILES string of the molecule is Cc1ccc(C(C)Nc2cc(Cl)ccc2-n2cncn2)o1. The zero-order valence-corrected chi connectivity index (χ0v) is 12.5. The fourth-order valence-corrected chi connectivity index (χ4v) is 2.32. The summed E-state index contributed by atoms with van der Waals surface area (Å²) in [4.78, 5) is 3.98. The summed E-state index contributed by atoms with van der Waals surface area (Å²) in [5.41, 5.74) is 1.75. The summed E-state index contributed by atoms with van der Waals surface area (Å²) in [7, 11) is 0. The molecule has 0 bridgehead atoms. The van der Waals surface area contributed by atoms with Crippen molar-refractivity contribution in [1.82, 2.24) is 14.8 Å². The summed E-state index contributed by atoms with van der Waals surface area (Å²) in [6.45, 7) is 3.96. The van der Waals surface area contributed by atoms with Gasteiger partial charge in [0.2, 0.25) is 0 Å². The first-order chi connectivity index (χ1) is 10.1. The largest absolute Gasteiger partial charge is 0.464 e. The van der Waals surface area contributed by atoms with Crippen LogP contribution in [0.1, 0.15) is 24.5 Å². The van der Waals surface area contributed by atoms with Crippen LogP contribution < -0.4 is 5.32 Å². The lowest BCUT2D eigenvalue weighted by molar-refractivity contribution is 0.467. The van der Waals surface area contributed by atoms with E-state index in [0.29, 0.717) is 5.02 Å². The zero-order chi connectivity index (χ0) is 14.8. The lowest BCUT2D eigenvalue weighted by Crippen LogP contribution is -2.09. The van der Waals surface area contributed by atoms with E-state index in [9.17, 15) is 0 Å². The van der Waals surface area contributed by atoms with Crippen molar-refractivity contribution in [3.05, 3.63) is 59.5 Å². The third-order valence-corrected chi connectivity index (χ3v) is 3.42. The molecule has 0 saturated heterocycles. The average Bonchev–Trinajstić information content (AvgIpc) is 3.10. The second-order valence-electron chi connectivity index (χ2n) is 4.82. The maximum absolute atomic E-state index is 6.10. The Morgan fingerprint density at radius 3 is 2.81 bits per heavy atom. The summed E-state index contributed by atoms with van der Waals surface area (Å²) in [5.74, 6) is 1.76. The van der Waals surface area contributed by atoms with Crippen LogP contribution in [0.2, 0.25) is 5.02 Å². The van der Waals surface area contributed by atoms with E-state index < -0.39 is 0 Å². The molecule has 0 aliphatic heterocycles. The number of nitrogens with zero attached hydrogens (tertiary/aromatic N) is 3. The van der Waals surface area contributed by atoms with Gasteiger partial charge in [-0.15, -0.1) is 0 Å². The molecular formula is C15H15ClN4O. The van der Waals surface area contributed by atoms with Crippen LogP contribution in [0.5, 0.6) is 0 Å². The highest BCUT2D eigenvalue weighted by atomic mass is 35.5. The van der Waals surface area contributed by atoms with Gasteiger partial charge in [0.05, 0.1) is 17.4 Å². The Kier molecular flexibility index (Phi) is 3.66. The molecule has 3 aromatic rings. The van der Waals surface area contributed by atoms with Crippen LogP contribution in [0.3, 0.4) is 0 Å². The van der Waals surface area contributed by atoms with Gasteiger partial charge < -0.3 is 9.73 Å². The lowest BCUT2D eigenvalue weighted by atomic mass is 10.2. The van der Waals surface area contributed by atoms with E-state index in [1.165, 1.54) is 6.33 Å². The van der Waals surface area contributed by atoms with Crippen LogP contribution >= 0.6 is 11.6 Å². The highest BCUT2D eigenvalue weighted by Gasteiger charge is 2.13. The zero-order valence-electron chi connectivity index (χ0n) is 11.7. The molecule has 21 heavy (non-hydrogen) atoms. The molecule has 2 heterocycles. The second-order valence-corrected chi connectivity index (χ2v) is 5.25.